The number of nitrogens with zero attached hydrogens (tertiary/aromatic N) is 1. The molecule has 1 atom stereocenters. The maximum Gasteiger partial charge on any atom is 0.433 e. The molecule has 1 unspecified atom stereocenters. The molecule has 9 heteroatoms. The molecule has 0 radical (unpaired) electrons. The van der Waals surface area contributed by atoms with Gasteiger partial charge in [-0.1, -0.05) is 0 Å². The number of pyridine rings is 1. The molecule has 0 bridgehead atoms. The van der Waals surface area contributed by atoms with Crippen LogP contribution in [0, 0.1) is 0 Å². The lowest BCUT2D eigenvalue weighted by molar-refractivity contribution is -0.141. The van der Waals surface area contributed by atoms with E-state index >= 15 is 0 Å². The number of rotatable bonds is 5. The lowest BCUT2D eigenvalue weighted by atomic mass is 10.3. The van der Waals surface area contributed by atoms with Crippen LogP contribution in [0.3, 0.4) is 0 Å². The monoisotopic (exact) mass is 297 g/mol. The fraction of sp³-hybridized carbons (Fsp3) is 0.500. The van der Waals surface area contributed by atoms with Gasteiger partial charge in [0, 0.05) is 18.8 Å². The Bertz CT molecular complexity index is 514. The third kappa shape index (κ3) is 4.44. The molecule has 0 spiro atoms. The third-order valence-corrected chi connectivity index (χ3v) is 3.82. The Morgan fingerprint density at radius 1 is 1.37 bits per heavy atom. The molecular formula is C10H14F3N3O2S. The molecular weight excluding hydrogens is 283 g/mol. The number of hydrogen-bond acceptors (Lipinski definition) is 4. The van der Waals surface area contributed by atoms with Crippen LogP contribution >= 0.6 is 0 Å². The minimum absolute atomic E-state index is 0.0998. The normalized spacial score (nSPS) is 14.4. The molecule has 19 heavy (non-hydrogen) atoms. The van der Waals surface area contributed by atoms with E-state index in [1.807, 2.05) is 0 Å². The zero-order chi connectivity index (χ0) is 14.7. The van der Waals surface area contributed by atoms with Crippen molar-refractivity contribution in [2.75, 3.05) is 13.6 Å². The van der Waals surface area contributed by atoms with Gasteiger partial charge in [0.25, 0.3) is 0 Å². The Balaban J connectivity index is 2.85. The summed E-state index contributed by atoms with van der Waals surface area (Å²) in [6, 6.07) is 1.41. The van der Waals surface area contributed by atoms with E-state index < -0.39 is 21.9 Å². The van der Waals surface area contributed by atoms with Crippen molar-refractivity contribution in [3.63, 3.8) is 0 Å². The number of sulfonamides is 1. The molecule has 1 heterocycles. The van der Waals surface area contributed by atoms with Crippen molar-refractivity contribution >= 4 is 10.0 Å². The van der Waals surface area contributed by atoms with Gasteiger partial charge in [0.1, 0.15) is 10.6 Å². The first kappa shape index (κ1) is 15.9. The van der Waals surface area contributed by atoms with Gasteiger partial charge in [-0.15, -0.1) is 0 Å². The highest BCUT2D eigenvalue weighted by Crippen LogP contribution is 2.27. The summed E-state index contributed by atoms with van der Waals surface area (Å²) in [6.07, 6.45) is -3.90. The van der Waals surface area contributed by atoms with Crippen LogP contribution < -0.4 is 10.0 Å². The minimum Gasteiger partial charge on any atom is -0.316 e. The van der Waals surface area contributed by atoms with Crippen molar-refractivity contribution in [3.05, 3.63) is 24.0 Å². The van der Waals surface area contributed by atoms with E-state index in [2.05, 4.69) is 15.0 Å². The maximum atomic E-state index is 12.3. The molecule has 0 aromatic carbocycles. The molecule has 0 amide bonds. The summed E-state index contributed by atoms with van der Waals surface area (Å²) in [5, 5.41) is 2.83. The highest BCUT2D eigenvalue weighted by atomic mass is 32.2. The van der Waals surface area contributed by atoms with E-state index in [0.29, 0.717) is 12.3 Å². The molecule has 0 fully saturated rings. The second-order valence-corrected chi connectivity index (χ2v) is 5.69. The lowest BCUT2D eigenvalue weighted by Gasteiger charge is -2.12. The van der Waals surface area contributed by atoms with Gasteiger partial charge < -0.3 is 5.32 Å². The second kappa shape index (κ2) is 5.85. The van der Waals surface area contributed by atoms with Gasteiger partial charge in [0.15, 0.2) is 0 Å². The first-order valence-electron chi connectivity index (χ1n) is 5.37. The number of aromatic nitrogens is 1. The Kier molecular flexibility index (Phi) is 4.88. The van der Waals surface area contributed by atoms with E-state index in [-0.39, 0.29) is 17.5 Å². The molecule has 0 saturated heterocycles. The summed E-state index contributed by atoms with van der Waals surface area (Å²) in [6.45, 7) is 1.88. The summed E-state index contributed by atoms with van der Waals surface area (Å²) in [5.41, 5.74) is -1.13. The van der Waals surface area contributed by atoms with Gasteiger partial charge in [-0.25, -0.2) is 13.1 Å². The van der Waals surface area contributed by atoms with Crippen LogP contribution in [-0.2, 0) is 16.2 Å². The van der Waals surface area contributed by atoms with Crippen LogP contribution in [-0.4, -0.2) is 33.0 Å². The van der Waals surface area contributed by atoms with Crippen molar-refractivity contribution in [1.82, 2.24) is 15.0 Å². The Morgan fingerprint density at radius 2 is 2.00 bits per heavy atom. The van der Waals surface area contributed by atoms with E-state index in [1.54, 1.807) is 14.0 Å². The molecule has 5 nitrogen and oxygen atoms in total. The van der Waals surface area contributed by atoms with Gasteiger partial charge in [0.05, 0.1) is 0 Å². The molecule has 2 N–H and O–H groups in total. The molecule has 0 aliphatic rings. The smallest absolute Gasteiger partial charge is 0.316 e. The van der Waals surface area contributed by atoms with Crippen LogP contribution in [0.15, 0.2) is 23.2 Å². The number of nitrogens with one attached hydrogen (secondary N) is 2. The number of likely N-dealkylation sites (N-methyl/N-ethyl adjacent to an activating group) is 1. The van der Waals surface area contributed by atoms with Crippen LogP contribution in [0.5, 0.6) is 0 Å². The molecule has 0 saturated carbocycles. The van der Waals surface area contributed by atoms with Crippen molar-refractivity contribution in [3.8, 4) is 0 Å². The zero-order valence-corrected chi connectivity index (χ0v) is 11.1. The number of halogens is 3. The summed E-state index contributed by atoms with van der Waals surface area (Å²) in [4.78, 5) is 2.80. The second-order valence-electron chi connectivity index (χ2n) is 3.92. The molecule has 0 aliphatic carbocycles. The summed E-state index contributed by atoms with van der Waals surface area (Å²) < 4.78 is 62.6. The molecule has 1 aromatic heterocycles. The average molecular weight is 297 g/mol. The van der Waals surface area contributed by atoms with E-state index in [1.165, 1.54) is 0 Å². The predicted molar refractivity (Wildman–Crippen MR) is 62.9 cm³/mol. The van der Waals surface area contributed by atoms with Gasteiger partial charge in [-0.3, -0.25) is 4.98 Å². The summed E-state index contributed by atoms with van der Waals surface area (Å²) in [7, 11) is -2.18. The van der Waals surface area contributed by atoms with Crippen molar-refractivity contribution in [2.24, 2.45) is 0 Å². The van der Waals surface area contributed by atoms with Crippen LogP contribution in [0.1, 0.15) is 12.6 Å². The van der Waals surface area contributed by atoms with E-state index in [4.69, 9.17) is 0 Å². The average Bonchev–Trinajstić information content (AvgIpc) is 2.35. The van der Waals surface area contributed by atoms with Crippen molar-refractivity contribution < 1.29 is 21.6 Å². The van der Waals surface area contributed by atoms with Gasteiger partial charge >= 0.3 is 6.18 Å². The zero-order valence-electron chi connectivity index (χ0n) is 10.3. The summed E-state index contributed by atoms with van der Waals surface area (Å²) in [5.74, 6) is 0. The van der Waals surface area contributed by atoms with E-state index in [9.17, 15) is 21.6 Å². The van der Waals surface area contributed by atoms with Crippen molar-refractivity contribution in [2.45, 2.75) is 24.0 Å². The number of alkyl halides is 3. The lowest BCUT2D eigenvalue weighted by Crippen LogP contribution is -2.37. The largest absolute Gasteiger partial charge is 0.433 e. The predicted octanol–water partition coefficient (Wildman–Crippen LogP) is 0.987. The molecule has 1 aromatic rings. The highest BCUT2D eigenvalue weighted by Gasteiger charge is 2.32. The molecule has 0 aliphatic heterocycles. The molecule has 108 valence electrons. The fourth-order valence-electron chi connectivity index (χ4n) is 1.13. The Hall–Kier alpha value is -1.19. The van der Waals surface area contributed by atoms with Crippen LogP contribution in [0.4, 0.5) is 13.2 Å². The Labute approximate surface area is 109 Å². The van der Waals surface area contributed by atoms with E-state index in [0.717, 1.165) is 6.07 Å². The topological polar surface area (TPSA) is 71.1 Å². The summed E-state index contributed by atoms with van der Waals surface area (Å²) >= 11 is 0. The van der Waals surface area contributed by atoms with Crippen LogP contribution in [0.2, 0.25) is 0 Å². The Morgan fingerprint density at radius 3 is 2.42 bits per heavy atom. The third-order valence-electron chi connectivity index (χ3n) is 2.41. The van der Waals surface area contributed by atoms with Crippen LogP contribution in [0.25, 0.3) is 0 Å². The number of hydrogen-bond donors (Lipinski definition) is 2. The highest BCUT2D eigenvalue weighted by molar-refractivity contribution is 7.89. The maximum absolute atomic E-state index is 12.3. The van der Waals surface area contributed by atoms with Gasteiger partial charge in [-0.2, -0.15) is 13.2 Å². The first-order chi connectivity index (χ1) is 8.66. The van der Waals surface area contributed by atoms with Crippen molar-refractivity contribution in [1.29, 1.82) is 0 Å². The quantitative estimate of drug-likeness (QED) is 0.850. The van der Waals surface area contributed by atoms with Gasteiger partial charge in [-0.05, 0) is 26.1 Å². The fourth-order valence-corrected chi connectivity index (χ4v) is 2.20. The van der Waals surface area contributed by atoms with Gasteiger partial charge in [0.2, 0.25) is 10.0 Å². The first-order valence-corrected chi connectivity index (χ1v) is 6.85. The minimum atomic E-state index is -4.59. The molecule has 1 rings (SSSR count). The standard InChI is InChI=1S/C10H14F3N3O2S/c1-7(14-2)5-16-19(17,18)8-3-4-9(15-6-8)10(11,12)13/h3-4,6-7,14,16H,5H2,1-2H3. The SMILES string of the molecule is CNC(C)CNS(=O)(=O)c1ccc(C(F)(F)F)nc1.